The average molecular weight is 568 g/mol. The van der Waals surface area contributed by atoms with Crippen molar-refractivity contribution in [3.05, 3.63) is 136 Å². The van der Waals surface area contributed by atoms with Crippen molar-refractivity contribution < 1.29 is 13.2 Å². The fourth-order valence-corrected chi connectivity index (χ4v) is 6.21. The summed E-state index contributed by atoms with van der Waals surface area (Å²) < 4.78 is 28.8. The van der Waals surface area contributed by atoms with Crippen molar-refractivity contribution in [3.63, 3.8) is 0 Å². The Kier molecular flexibility index (Phi) is 9.58. The van der Waals surface area contributed by atoms with Crippen LogP contribution in [0.15, 0.2) is 114 Å². The fraction of sp³-hybridized carbons (Fsp3) is 0.167. The zero-order chi connectivity index (χ0) is 27.0. The van der Waals surface area contributed by atoms with E-state index in [2.05, 4.69) is 0 Å². The lowest BCUT2D eigenvalue weighted by Gasteiger charge is -2.28. The lowest BCUT2D eigenvalue weighted by molar-refractivity contribution is -0.132. The third kappa shape index (κ3) is 7.45. The van der Waals surface area contributed by atoms with Gasteiger partial charge in [0.05, 0.1) is 11.6 Å². The zero-order valence-corrected chi connectivity index (χ0v) is 23.0. The molecule has 0 bridgehead atoms. The van der Waals surface area contributed by atoms with Crippen LogP contribution in [0.2, 0.25) is 10.0 Å². The summed E-state index contributed by atoms with van der Waals surface area (Å²) in [5.74, 6) is -0.313. The maximum absolute atomic E-state index is 13.8. The summed E-state index contributed by atoms with van der Waals surface area (Å²) in [6, 6.07) is 33.1. The van der Waals surface area contributed by atoms with E-state index in [9.17, 15) is 13.2 Å². The van der Waals surface area contributed by atoms with E-state index in [4.69, 9.17) is 23.2 Å². The van der Waals surface area contributed by atoms with Crippen LogP contribution in [0.4, 0.5) is 0 Å². The second-order valence-corrected chi connectivity index (χ2v) is 11.6. The number of halogens is 2. The summed E-state index contributed by atoms with van der Waals surface area (Å²) in [6.45, 7) is 0.460. The van der Waals surface area contributed by atoms with Crippen molar-refractivity contribution >= 4 is 39.1 Å². The van der Waals surface area contributed by atoms with Gasteiger partial charge in [0.2, 0.25) is 15.9 Å². The Hall–Kier alpha value is -3.16. The molecule has 0 atom stereocenters. The van der Waals surface area contributed by atoms with Crippen LogP contribution in [0.25, 0.3) is 0 Å². The van der Waals surface area contributed by atoms with E-state index in [1.165, 1.54) is 22.5 Å². The predicted molar refractivity (Wildman–Crippen MR) is 153 cm³/mol. The smallest absolute Gasteiger partial charge is 0.245 e. The first kappa shape index (κ1) is 27.9. The van der Waals surface area contributed by atoms with Gasteiger partial charge in [0.1, 0.15) is 4.90 Å². The minimum atomic E-state index is -4.13. The molecule has 0 aliphatic rings. The van der Waals surface area contributed by atoms with Crippen LogP contribution < -0.4 is 0 Å². The van der Waals surface area contributed by atoms with Crippen LogP contribution in [0.5, 0.6) is 0 Å². The van der Waals surface area contributed by atoms with E-state index in [1.54, 1.807) is 4.90 Å². The molecule has 0 fully saturated rings. The number of carbonyl (C=O) groups is 1. The molecule has 0 aliphatic carbocycles. The first-order chi connectivity index (χ1) is 18.3. The van der Waals surface area contributed by atoms with Gasteiger partial charge in [0.25, 0.3) is 0 Å². The molecule has 0 aromatic heterocycles. The fourth-order valence-electron chi connectivity index (χ4n) is 4.09. The molecule has 0 heterocycles. The summed E-state index contributed by atoms with van der Waals surface area (Å²) in [7, 11) is -4.13. The maximum Gasteiger partial charge on any atom is 0.245 e. The quantitative estimate of drug-likeness (QED) is 0.209. The van der Waals surface area contributed by atoms with Crippen molar-refractivity contribution in [1.29, 1.82) is 0 Å². The minimum absolute atomic E-state index is 0.0528. The van der Waals surface area contributed by atoms with E-state index in [-0.39, 0.29) is 33.9 Å². The Labute approximate surface area is 234 Å². The first-order valence-electron chi connectivity index (χ1n) is 12.2. The molecule has 1 amide bonds. The molecule has 4 aromatic carbocycles. The van der Waals surface area contributed by atoms with Crippen molar-refractivity contribution in [3.8, 4) is 0 Å². The van der Waals surface area contributed by atoms with Crippen molar-refractivity contribution in [1.82, 2.24) is 9.21 Å². The predicted octanol–water partition coefficient (Wildman–Crippen LogP) is 6.46. The highest BCUT2D eigenvalue weighted by Crippen LogP contribution is 2.28. The SMILES string of the molecule is O=C(CN(CCc1ccccc1)S(=O)(=O)c1cc(Cl)ccc1Cl)N(Cc1ccccc1)Cc1ccccc1. The van der Waals surface area contributed by atoms with E-state index in [0.29, 0.717) is 19.5 Å². The zero-order valence-electron chi connectivity index (χ0n) is 20.7. The van der Waals surface area contributed by atoms with Gasteiger partial charge in [-0.05, 0) is 41.3 Å². The molecule has 196 valence electrons. The molecule has 0 aliphatic heterocycles. The number of rotatable bonds is 11. The van der Waals surface area contributed by atoms with Gasteiger partial charge in [-0.3, -0.25) is 4.79 Å². The Bertz CT molecular complexity index is 1410. The number of hydrogen-bond donors (Lipinski definition) is 0. The minimum Gasteiger partial charge on any atom is -0.333 e. The molecule has 0 N–H and O–H groups in total. The number of hydrogen-bond acceptors (Lipinski definition) is 3. The first-order valence-corrected chi connectivity index (χ1v) is 14.4. The molecular formula is C30H28Cl2N2O3S. The molecule has 0 spiro atoms. The second kappa shape index (κ2) is 13.1. The lowest BCUT2D eigenvalue weighted by atomic mass is 10.1. The Morgan fingerprint density at radius 2 is 1.18 bits per heavy atom. The Balaban J connectivity index is 1.64. The topological polar surface area (TPSA) is 57.7 Å². The Morgan fingerprint density at radius 3 is 1.71 bits per heavy atom. The van der Waals surface area contributed by atoms with E-state index in [0.717, 1.165) is 16.7 Å². The monoisotopic (exact) mass is 566 g/mol. The molecule has 38 heavy (non-hydrogen) atoms. The second-order valence-electron chi connectivity index (χ2n) is 8.87. The van der Waals surface area contributed by atoms with Gasteiger partial charge in [0.15, 0.2) is 0 Å². The van der Waals surface area contributed by atoms with Crippen LogP contribution in [0.3, 0.4) is 0 Å². The van der Waals surface area contributed by atoms with Crippen LogP contribution in [0, 0.1) is 0 Å². The van der Waals surface area contributed by atoms with Gasteiger partial charge in [-0.2, -0.15) is 4.31 Å². The number of carbonyl (C=O) groups excluding carboxylic acids is 1. The summed E-state index contributed by atoms with van der Waals surface area (Å²) in [6.07, 6.45) is 0.433. The normalized spacial score (nSPS) is 11.4. The van der Waals surface area contributed by atoms with Crippen LogP contribution in [-0.4, -0.2) is 36.6 Å². The maximum atomic E-state index is 13.8. The summed E-state index contributed by atoms with van der Waals surface area (Å²) in [5, 5.41) is 0.300. The lowest BCUT2D eigenvalue weighted by Crippen LogP contribution is -2.43. The molecular weight excluding hydrogens is 539 g/mol. The third-order valence-electron chi connectivity index (χ3n) is 6.10. The van der Waals surface area contributed by atoms with E-state index in [1.807, 2.05) is 91.0 Å². The molecule has 0 unspecified atom stereocenters. The van der Waals surface area contributed by atoms with Crippen molar-refractivity contribution in [2.45, 2.75) is 24.4 Å². The van der Waals surface area contributed by atoms with Gasteiger partial charge >= 0.3 is 0 Å². The van der Waals surface area contributed by atoms with Gasteiger partial charge in [-0.25, -0.2) is 8.42 Å². The highest BCUT2D eigenvalue weighted by molar-refractivity contribution is 7.89. The molecule has 4 aromatic rings. The van der Waals surface area contributed by atoms with Crippen molar-refractivity contribution in [2.24, 2.45) is 0 Å². The van der Waals surface area contributed by atoms with Crippen molar-refractivity contribution in [2.75, 3.05) is 13.1 Å². The molecule has 8 heteroatoms. The number of sulfonamides is 1. The molecule has 0 saturated carbocycles. The molecule has 0 saturated heterocycles. The number of nitrogens with zero attached hydrogens (tertiary/aromatic N) is 2. The number of benzene rings is 4. The molecule has 0 radical (unpaired) electrons. The Morgan fingerprint density at radius 1 is 0.684 bits per heavy atom. The largest absolute Gasteiger partial charge is 0.333 e. The van der Waals surface area contributed by atoms with Crippen LogP contribution in [-0.2, 0) is 34.3 Å². The standard InChI is InChI=1S/C30H28Cl2N2O3S/c31-27-16-17-28(32)29(20-27)38(36,37)34(19-18-24-10-4-1-5-11-24)23-30(35)33(21-25-12-6-2-7-13-25)22-26-14-8-3-9-15-26/h1-17,20H,18-19,21-23H2. The summed E-state index contributed by atoms with van der Waals surface area (Å²) in [5.41, 5.74) is 2.87. The van der Waals surface area contributed by atoms with Crippen LogP contribution >= 0.6 is 23.2 Å². The highest BCUT2D eigenvalue weighted by atomic mass is 35.5. The van der Waals surface area contributed by atoms with Gasteiger partial charge in [0, 0.05) is 24.7 Å². The highest BCUT2D eigenvalue weighted by Gasteiger charge is 2.30. The average Bonchev–Trinajstić information content (AvgIpc) is 2.93. The summed E-state index contributed by atoms with van der Waals surface area (Å²) in [4.78, 5) is 15.3. The van der Waals surface area contributed by atoms with Gasteiger partial charge < -0.3 is 4.90 Å². The molecule has 5 nitrogen and oxygen atoms in total. The third-order valence-corrected chi connectivity index (χ3v) is 8.66. The molecule has 4 rings (SSSR count). The summed E-state index contributed by atoms with van der Waals surface area (Å²) >= 11 is 12.4. The van der Waals surface area contributed by atoms with Gasteiger partial charge in [-0.1, -0.05) is 114 Å². The van der Waals surface area contributed by atoms with Crippen LogP contribution in [0.1, 0.15) is 16.7 Å². The number of amides is 1. The van der Waals surface area contributed by atoms with Gasteiger partial charge in [-0.15, -0.1) is 0 Å². The van der Waals surface area contributed by atoms with E-state index < -0.39 is 10.0 Å². The van der Waals surface area contributed by atoms with E-state index >= 15 is 0 Å².